The molecule has 8 heteroatoms. The number of aromatic nitrogens is 3. The summed E-state index contributed by atoms with van der Waals surface area (Å²) in [7, 11) is 2.81. The highest BCUT2D eigenvalue weighted by molar-refractivity contribution is 5.55. The van der Waals surface area contributed by atoms with Crippen molar-refractivity contribution in [3.63, 3.8) is 0 Å². The van der Waals surface area contributed by atoms with Gasteiger partial charge < -0.3 is 19.5 Å². The Morgan fingerprint density at radius 2 is 1.82 bits per heavy atom. The Hall–Kier alpha value is -3.07. The van der Waals surface area contributed by atoms with Crippen LogP contribution in [0.1, 0.15) is 45.2 Å². The van der Waals surface area contributed by atoms with Crippen molar-refractivity contribution in [1.29, 1.82) is 0 Å². The topological polar surface area (TPSA) is 72.6 Å². The number of nitrogens with zero attached hydrogens (tertiary/aromatic N) is 4. The van der Waals surface area contributed by atoms with E-state index in [9.17, 15) is 4.39 Å². The Balaban J connectivity index is 0.000000560. The second-order valence-electron chi connectivity index (χ2n) is 8.84. The molecule has 0 unspecified atom stereocenters. The van der Waals surface area contributed by atoms with Gasteiger partial charge in [0.25, 0.3) is 0 Å². The molecule has 1 N–H and O–H groups in total. The molecule has 0 spiro atoms. The van der Waals surface area contributed by atoms with Gasteiger partial charge in [0.05, 0.1) is 18.5 Å². The fourth-order valence-electron chi connectivity index (χ4n) is 4.18. The molecule has 0 atom stereocenters. The van der Waals surface area contributed by atoms with Crippen LogP contribution in [-0.4, -0.2) is 71.1 Å². The SMILES string of the molecule is C/C=C(/F)CC.CO.COC1CCN(CCCOc2ccc(-n3c(C)cnc3-c3ccccn3)cc2)CC1. The van der Waals surface area contributed by atoms with Crippen molar-refractivity contribution >= 4 is 0 Å². The monoisotopic (exact) mass is 526 g/mol. The summed E-state index contributed by atoms with van der Waals surface area (Å²) in [5.74, 6) is 1.71. The van der Waals surface area contributed by atoms with Gasteiger partial charge in [0, 0.05) is 57.6 Å². The van der Waals surface area contributed by atoms with Gasteiger partial charge in [-0.05, 0) is 75.9 Å². The summed E-state index contributed by atoms with van der Waals surface area (Å²) >= 11 is 0. The van der Waals surface area contributed by atoms with Crippen LogP contribution in [0.2, 0.25) is 0 Å². The third kappa shape index (κ3) is 9.67. The number of pyridine rings is 1. The summed E-state index contributed by atoms with van der Waals surface area (Å²) in [5.41, 5.74) is 2.99. The number of likely N-dealkylation sites (tertiary alicyclic amines) is 1. The summed E-state index contributed by atoms with van der Waals surface area (Å²) in [6.07, 6.45) is 9.40. The van der Waals surface area contributed by atoms with E-state index in [0.717, 1.165) is 81.3 Å². The Morgan fingerprint density at radius 1 is 1.11 bits per heavy atom. The zero-order chi connectivity index (χ0) is 27.8. The molecule has 7 nitrogen and oxygen atoms in total. The van der Waals surface area contributed by atoms with E-state index in [2.05, 4.69) is 38.5 Å². The summed E-state index contributed by atoms with van der Waals surface area (Å²) in [5, 5.41) is 7.00. The normalized spacial score (nSPS) is 14.2. The molecule has 0 saturated carbocycles. The molecule has 0 radical (unpaired) electrons. The number of aliphatic hydroxyl groups excluding tert-OH is 1. The summed E-state index contributed by atoms with van der Waals surface area (Å²) in [6.45, 7) is 9.59. The smallest absolute Gasteiger partial charge is 0.163 e. The molecule has 0 amide bonds. The lowest BCUT2D eigenvalue weighted by atomic mass is 10.1. The van der Waals surface area contributed by atoms with Gasteiger partial charge >= 0.3 is 0 Å². The average Bonchev–Trinajstić information content (AvgIpc) is 3.38. The third-order valence-electron chi connectivity index (χ3n) is 6.33. The van der Waals surface area contributed by atoms with E-state index in [1.807, 2.05) is 43.6 Å². The maximum absolute atomic E-state index is 11.7. The molecule has 4 rings (SSSR count). The highest BCUT2D eigenvalue weighted by Gasteiger charge is 2.18. The molecular weight excluding hydrogens is 483 g/mol. The first kappa shape index (κ1) is 31.1. The van der Waals surface area contributed by atoms with Gasteiger partial charge in [-0.1, -0.05) is 19.1 Å². The number of allylic oxidation sites excluding steroid dienone is 2. The van der Waals surface area contributed by atoms with Gasteiger partial charge in [0.15, 0.2) is 5.82 Å². The maximum atomic E-state index is 11.7. The lowest BCUT2D eigenvalue weighted by molar-refractivity contribution is 0.0398. The zero-order valence-corrected chi connectivity index (χ0v) is 23.4. The van der Waals surface area contributed by atoms with Gasteiger partial charge in [-0.25, -0.2) is 9.37 Å². The maximum Gasteiger partial charge on any atom is 0.163 e. The van der Waals surface area contributed by atoms with Gasteiger partial charge in [0.2, 0.25) is 0 Å². The molecular formula is C30H43FN4O3. The lowest BCUT2D eigenvalue weighted by Gasteiger charge is -2.31. The minimum Gasteiger partial charge on any atom is -0.494 e. The number of piperidine rings is 1. The van der Waals surface area contributed by atoms with Gasteiger partial charge in [-0.2, -0.15) is 0 Å². The van der Waals surface area contributed by atoms with E-state index in [1.54, 1.807) is 20.0 Å². The van der Waals surface area contributed by atoms with E-state index < -0.39 is 0 Å². The van der Waals surface area contributed by atoms with Crippen molar-refractivity contribution in [2.24, 2.45) is 0 Å². The van der Waals surface area contributed by atoms with Crippen molar-refractivity contribution in [2.45, 2.75) is 52.6 Å². The Kier molecular flexibility index (Phi) is 14.3. The Labute approximate surface area is 227 Å². The second-order valence-corrected chi connectivity index (χ2v) is 8.84. The largest absolute Gasteiger partial charge is 0.494 e. The molecule has 208 valence electrons. The minimum atomic E-state index is -0.0324. The van der Waals surface area contributed by atoms with Crippen LogP contribution in [-0.2, 0) is 4.74 Å². The molecule has 38 heavy (non-hydrogen) atoms. The van der Waals surface area contributed by atoms with E-state index in [4.69, 9.17) is 14.6 Å². The van der Waals surface area contributed by atoms with Gasteiger partial charge in [0.1, 0.15) is 11.4 Å². The number of benzene rings is 1. The molecule has 3 heterocycles. The summed E-state index contributed by atoms with van der Waals surface area (Å²) in [4.78, 5) is 11.5. The first-order valence-electron chi connectivity index (χ1n) is 13.2. The highest BCUT2D eigenvalue weighted by Crippen LogP contribution is 2.24. The highest BCUT2D eigenvalue weighted by atomic mass is 19.1. The number of hydrogen-bond acceptors (Lipinski definition) is 6. The van der Waals surface area contributed by atoms with Crippen molar-refractivity contribution in [2.75, 3.05) is 40.5 Å². The molecule has 1 aliphatic rings. The Morgan fingerprint density at radius 3 is 2.37 bits per heavy atom. The first-order chi connectivity index (χ1) is 18.5. The molecule has 0 aliphatic carbocycles. The predicted molar refractivity (Wildman–Crippen MR) is 151 cm³/mol. The standard InChI is InChI=1S/C24H30N4O2.C5H9F.CH4O/c1-19-18-26-24(23-6-3-4-13-25-23)28(19)20-7-9-22(10-8-20)30-17-5-14-27-15-11-21(29-2)12-16-27;1-3-5(6)4-2;1-2/h3-4,6-10,13,18,21H,5,11-12,14-17H2,1-2H3;3H,4H2,1-2H3;2H,1H3/b;5-3+;. The molecule has 1 aliphatic heterocycles. The van der Waals surface area contributed by atoms with Crippen LogP contribution in [0, 0.1) is 6.92 Å². The number of methoxy groups -OCH3 is 1. The molecule has 1 saturated heterocycles. The lowest BCUT2D eigenvalue weighted by Crippen LogP contribution is -2.37. The second kappa shape index (κ2) is 17.4. The number of hydrogen-bond donors (Lipinski definition) is 1. The van der Waals surface area contributed by atoms with Crippen molar-refractivity contribution in [3.8, 4) is 23.0 Å². The fraction of sp³-hybridized carbons (Fsp3) is 0.467. The van der Waals surface area contributed by atoms with E-state index in [1.165, 1.54) is 6.08 Å². The summed E-state index contributed by atoms with van der Waals surface area (Å²) in [6, 6.07) is 14.1. The fourth-order valence-corrected chi connectivity index (χ4v) is 4.18. The average molecular weight is 527 g/mol. The number of halogens is 1. The van der Waals surface area contributed by atoms with E-state index in [0.29, 0.717) is 12.5 Å². The third-order valence-corrected chi connectivity index (χ3v) is 6.33. The van der Waals surface area contributed by atoms with Crippen LogP contribution in [0.3, 0.4) is 0 Å². The van der Waals surface area contributed by atoms with Crippen LogP contribution >= 0.6 is 0 Å². The molecule has 1 fully saturated rings. The van der Waals surface area contributed by atoms with Crippen LogP contribution in [0.15, 0.2) is 66.8 Å². The van der Waals surface area contributed by atoms with E-state index >= 15 is 0 Å². The van der Waals surface area contributed by atoms with Crippen molar-refractivity contribution < 1.29 is 19.0 Å². The summed E-state index contributed by atoms with van der Waals surface area (Å²) < 4.78 is 25.2. The van der Waals surface area contributed by atoms with Crippen LogP contribution in [0.25, 0.3) is 17.2 Å². The van der Waals surface area contributed by atoms with E-state index in [-0.39, 0.29) is 5.83 Å². The van der Waals surface area contributed by atoms with Crippen molar-refractivity contribution in [1.82, 2.24) is 19.4 Å². The predicted octanol–water partition coefficient (Wildman–Crippen LogP) is 6.00. The molecule has 0 bridgehead atoms. The molecule has 2 aromatic heterocycles. The quantitative estimate of drug-likeness (QED) is 0.345. The van der Waals surface area contributed by atoms with Gasteiger partial charge in [-0.15, -0.1) is 0 Å². The van der Waals surface area contributed by atoms with Crippen LogP contribution in [0.5, 0.6) is 5.75 Å². The number of aliphatic hydroxyl groups is 1. The minimum absolute atomic E-state index is 0.0324. The Bertz CT molecular complexity index is 1060. The van der Waals surface area contributed by atoms with Crippen LogP contribution < -0.4 is 4.74 Å². The van der Waals surface area contributed by atoms with Crippen molar-refractivity contribution in [3.05, 3.63) is 72.5 Å². The molecule has 3 aromatic rings. The number of ether oxygens (including phenoxy) is 2. The molecule has 1 aromatic carbocycles. The number of aryl methyl sites for hydroxylation is 1. The zero-order valence-electron chi connectivity index (χ0n) is 23.4. The number of imidazole rings is 1. The first-order valence-corrected chi connectivity index (χ1v) is 13.2. The van der Waals surface area contributed by atoms with Gasteiger partial charge in [-0.3, -0.25) is 9.55 Å². The van der Waals surface area contributed by atoms with Crippen LogP contribution in [0.4, 0.5) is 4.39 Å². The number of rotatable bonds is 9.